The van der Waals surface area contributed by atoms with Crippen LogP contribution in [0.4, 0.5) is 0 Å². The summed E-state index contributed by atoms with van der Waals surface area (Å²) in [4.78, 5) is 26.9. The van der Waals surface area contributed by atoms with Gasteiger partial charge in [-0.1, -0.05) is 53.2 Å². The van der Waals surface area contributed by atoms with E-state index in [1.54, 1.807) is 0 Å². The van der Waals surface area contributed by atoms with Gasteiger partial charge in [-0.2, -0.15) is 8.42 Å². The van der Waals surface area contributed by atoms with Crippen LogP contribution in [0.3, 0.4) is 0 Å². The van der Waals surface area contributed by atoms with Crippen LogP contribution in [-0.4, -0.2) is 82.1 Å². The number of fused-ring (bicyclic) bond motifs is 7. The second-order valence-corrected chi connectivity index (χ2v) is 18.7. The first kappa shape index (κ1) is 37.2. The summed E-state index contributed by atoms with van der Waals surface area (Å²) in [5.74, 6) is -1.55. The first-order chi connectivity index (χ1) is 22.6. The highest BCUT2D eigenvalue weighted by Crippen LogP contribution is 2.76. The number of aliphatic hydroxyl groups is 2. The van der Waals surface area contributed by atoms with Gasteiger partial charge in [-0.25, -0.2) is 4.18 Å². The van der Waals surface area contributed by atoms with Gasteiger partial charge in [-0.15, -0.1) is 0 Å². The van der Waals surface area contributed by atoms with Crippen LogP contribution >= 0.6 is 0 Å². The van der Waals surface area contributed by atoms with Crippen molar-refractivity contribution < 1.29 is 56.6 Å². The van der Waals surface area contributed by atoms with Gasteiger partial charge in [-0.05, 0) is 111 Å². The van der Waals surface area contributed by atoms with Crippen LogP contribution in [-0.2, 0) is 33.6 Å². The number of rotatable bonds is 6. The topological polar surface area (TPSA) is 197 Å². The minimum atomic E-state index is -5.01. The highest BCUT2D eigenvalue weighted by atomic mass is 32.3. The molecular formula is C36H56O12S. The summed E-state index contributed by atoms with van der Waals surface area (Å²) in [5.41, 5.74) is -2.69. The molecular weight excluding hydrogens is 656 g/mol. The number of carboxylic acid groups (broad SMARTS) is 2. The van der Waals surface area contributed by atoms with Crippen molar-refractivity contribution >= 4 is 22.3 Å². The number of carbonyl (C=O) groups is 2. The van der Waals surface area contributed by atoms with Crippen molar-refractivity contribution in [2.24, 2.45) is 56.7 Å². The van der Waals surface area contributed by atoms with E-state index < -0.39 is 80.8 Å². The van der Waals surface area contributed by atoms with E-state index >= 15 is 0 Å². The zero-order chi connectivity index (χ0) is 36.3. The summed E-state index contributed by atoms with van der Waals surface area (Å²) in [6, 6.07) is 0. The molecule has 0 aromatic carbocycles. The maximum atomic E-state index is 13.8. The molecule has 5 aliphatic carbocycles. The molecule has 1 aliphatic heterocycles. The summed E-state index contributed by atoms with van der Waals surface area (Å²) in [6.07, 6.45) is -0.150. The summed E-state index contributed by atoms with van der Waals surface area (Å²) >= 11 is 0. The van der Waals surface area contributed by atoms with Crippen molar-refractivity contribution in [1.82, 2.24) is 0 Å². The van der Waals surface area contributed by atoms with Gasteiger partial charge in [0.15, 0.2) is 12.4 Å². The number of hydrogen-bond acceptors (Lipinski definition) is 9. The Hall–Kier alpha value is -1.61. The zero-order valence-corrected chi connectivity index (χ0v) is 30.6. The maximum absolute atomic E-state index is 13.8. The average Bonchev–Trinajstić information content (AvgIpc) is 2.99. The van der Waals surface area contributed by atoms with Gasteiger partial charge in [0, 0.05) is 0 Å². The molecule has 13 heteroatoms. The zero-order valence-electron chi connectivity index (χ0n) is 29.8. The standard InChI is InChI=1S/C36H56O12S/c1-18-10-15-35(30(39)40)16-17-36(31(41)42)21(25(35)19(18)2)8-9-23-33(6)13-12-24(32(4,5)22(33)11-14-34(23,36)7)47-29-28(48-49(43,44)45)27(38)26(37)20(3)46-29/h8,18-20,22-29,37-38H,9-17H2,1-7H3,(H,39,40)(H,41,42)(H,43,44,45). The van der Waals surface area contributed by atoms with Gasteiger partial charge >= 0.3 is 22.3 Å². The number of allylic oxidation sites excluding steroid dienone is 1. The van der Waals surface area contributed by atoms with Crippen molar-refractivity contribution in [1.29, 1.82) is 0 Å². The Balaban J connectivity index is 1.34. The molecule has 5 fully saturated rings. The Morgan fingerprint density at radius 1 is 0.878 bits per heavy atom. The van der Waals surface area contributed by atoms with Crippen LogP contribution in [0, 0.1) is 56.7 Å². The fourth-order valence-corrected chi connectivity index (χ4v) is 13.2. The lowest BCUT2D eigenvalue weighted by Crippen LogP contribution is -2.68. The lowest BCUT2D eigenvalue weighted by Gasteiger charge is -2.70. The van der Waals surface area contributed by atoms with Crippen molar-refractivity contribution in [3.05, 3.63) is 11.6 Å². The summed E-state index contributed by atoms with van der Waals surface area (Å²) in [6.45, 7) is 14.4. The SMILES string of the molecule is CC1CCC2(C(=O)O)CCC3(C(=O)O)C(=CCC4C5(C)CCC(OC6OC(C)C(O)C(O)C6OS(=O)(=O)O)C(C)(C)C5CCC43C)C2C1C. The van der Waals surface area contributed by atoms with Crippen LogP contribution in [0.5, 0.6) is 0 Å². The molecule has 49 heavy (non-hydrogen) atoms. The predicted molar refractivity (Wildman–Crippen MR) is 176 cm³/mol. The molecule has 0 bridgehead atoms. The van der Waals surface area contributed by atoms with E-state index in [0.29, 0.717) is 57.3 Å². The van der Waals surface area contributed by atoms with Crippen molar-refractivity contribution in [3.8, 4) is 0 Å². The van der Waals surface area contributed by atoms with Crippen molar-refractivity contribution in [3.63, 3.8) is 0 Å². The highest BCUT2D eigenvalue weighted by Gasteiger charge is 2.73. The van der Waals surface area contributed by atoms with E-state index in [9.17, 15) is 43.0 Å². The molecule has 6 aliphatic rings. The Kier molecular flexibility index (Phi) is 9.07. The Bertz CT molecular complexity index is 1490. The summed E-state index contributed by atoms with van der Waals surface area (Å²) < 4.78 is 49.8. The van der Waals surface area contributed by atoms with Crippen molar-refractivity contribution in [2.75, 3.05) is 0 Å². The predicted octanol–water partition coefficient (Wildman–Crippen LogP) is 4.83. The Labute approximate surface area is 289 Å². The number of aliphatic carboxylic acids is 2. The van der Waals surface area contributed by atoms with Crippen LogP contribution in [0.25, 0.3) is 0 Å². The van der Waals surface area contributed by atoms with Crippen LogP contribution < -0.4 is 0 Å². The molecule has 5 N–H and O–H groups in total. The van der Waals surface area contributed by atoms with Crippen molar-refractivity contribution in [2.45, 2.75) is 143 Å². The van der Waals surface area contributed by atoms with Crippen LogP contribution in [0.15, 0.2) is 11.6 Å². The molecule has 1 saturated heterocycles. The van der Waals surface area contributed by atoms with E-state index in [2.05, 4.69) is 47.6 Å². The lowest BCUT2D eigenvalue weighted by molar-refractivity contribution is -0.320. The first-order valence-electron chi connectivity index (χ1n) is 18.1. The normalized spacial score (nSPS) is 50.9. The molecule has 278 valence electrons. The van der Waals surface area contributed by atoms with Crippen LogP contribution in [0.2, 0.25) is 0 Å². The molecule has 0 spiro atoms. The molecule has 4 saturated carbocycles. The van der Waals surface area contributed by atoms with E-state index in [0.717, 1.165) is 12.0 Å². The molecule has 15 unspecified atom stereocenters. The van der Waals surface area contributed by atoms with Gasteiger partial charge in [0.05, 0.1) is 23.0 Å². The fourth-order valence-electron chi connectivity index (χ4n) is 12.7. The minimum absolute atomic E-state index is 0.00556. The number of aliphatic hydroxyl groups excluding tert-OH is 2. The van der Waals surface area contributed by atoms with E-state index in [-0.39, 0.29) is 29.1 Å². The summed E-state index contributed by atoms with van der Waals surface area (Å²) in [5, 5.41) is 43.1. The third-order valence-electron chi connectivity index (χ3n) is 15.5. The average molecular weight is 713 g/mol. The van der Waals surface area contributed by atoms with Gasteiger partial charge in [0.2, 0.25) is 0 Å². The largest absolute Gasteiger partial charge is 0.481 e. The molecule has 0 radical (unpaired) electrons. The minimum Gasteiger partial charge on any atom is -0.481 e. The number of hydrogen-bond donors (Lipinski definition) is 5. The van der Waals surface area contributed by atoms with Gasteiger partial charge in [0.1, 0.15) is 12.2 Å². The molecule has 0 amide bonds. The smallest absolute Gasteiger partial charge is 0.397 e. The maximum Gasteiger partial charge on any atom is 0.397 e. The molecule has 15 atom stereocenters. The monoisotopic (exact) mass is 712 g/mol. The quantitative estimate of drug-likeness (QED) is 0.143. The molecule has 0 aromatic heterocycles. The highest BCUT2D eigenvalue weighted by molar-refractivity contribution is 7.80. The van der Waals surface area contributed by atoms with Crippen LogP contribution in [0.1, 0.15) is 106 Å². The van der Waals surface area contributed by atoms with Gasteiger partial charge in [0.25, 0.3) is 0 Å². The number of ether oxygens (including phenoxy) is 2. The molecule has 1 heterocycles. The second kappa shape index (κ2) is 12.0. The van der Waals surface area contributed by atoms with E-state index in [4.69, 9.17) is 13.7 Å². The summed E-state index contributed by atoms with van der Waals surface area (Å²) in [7, 11) is -5.01. The molecule has 6 rings (SSSR count). The lowest BCUT2D eigenvalue weighted by atomic mass is 9.33. The van der Waals surface area contributed by atoms with Gasteiger partial charge < -0.3 is 29.9 Å². The van der Waals surface area contributed by atoms with E-state index in [1.165, 1.54) is 6.92 Å². The second-order valence-electron chi connectivity index (χ2n) is 17.7. The molecule has 0 aromatic rings. The Morgan fingerprint density at radius 2 is 1.55 bits per heavy atom. The number of carboxylic acids is 2. The third-order valence-corrected chi connectivity index (χ3v) is 15.9. The third kappa shape index (κ3) is 5.22. The molecule has 12 nitrogen and oxygen atoms in total. The van der Waals surface area contributed by atoms with E-state index in [1.807, 2.05) is 0 Å². The van der Waals surface area contributed by atoms with Gasteiger partial charge in [-0.3, -0.25) is 14.1 Å². The fraction of sp³-hybridized carbons (Fsp3) is 0.889. The Morgan fingerprint density at radius 3 is 2.16 bits per heavy atom. The first-order valence-corrected chi connectivity index (χ1v) is 19.4.